The zero-order chi connectivity index (χ0) is 7.84. The highest BCUT2D eigenvalue weighted by Gasteiger charge is 2.43. The largest absolute Gasteiger partial charge is 0.168 e. The minimum Gasteiger partial charge on any atom is -0.149 e. The topological polar surface area (TPSA) is 29.4 Å². The maximum atomic E-state index is 10.1. The van der Waals surface area contributed by atoms with Gasteiger partial charge in [0.1, 0.15) is 0 Å². The van der Waals surface area contributed by atoms with Gasteiger partial charge in [0, 0.05) is 0 Å². The molecule has 2 nitrogen and oxygen atoms in total. The molecule has 11 heavy (non-hydrogen) atoms. The molecule has 0 spiro atoms. The Morgan fingerprint density at radius 2 is 2.09 bits per heavy atom. The van der Waals surface area contributed by atoms with Gasteiger partial charge in [-0.05, 0) is 48.6 Å². The number of fused-ring (bicyclic) bond motifs is 1. The van der Waals surface area contributed by atoms with Crippen LogP contribution in [0.15, 0.2) is 5.18 Å². The molecular weight excluding hydrogens is 162 g/mol. The van der Waals surface area contributed by atoms with E-state index >= 15 is 0 Å². The number of nitrogens with zero attached hydrogens (tertiary/aromatic N) is 1. The first-order valence-corrected chi connectivity index (χ1v) is 4.71. The van der Waals surface area contributed by atoms with Crippen LogP contribution in [0, 0.1) is 22.7 Å². The zero-order valence-corrected chi connectivity index (χ0v) is 7.13. The maximum absolute atomic E-state index is 10.1. The third-order valence-corrected chi connectivity index (χ3v) is 3.51. The second-order valence-electron chi connectivity index (χ2n) is 3.81. The molecule has 2 aliphatic carbocycles. The van der Waals surface area contributed by atoms with E-state index in [2.05, 4.69) is 5.18 Å². The standard InChI is InChI=1S/C8H12ClNO/c9-8(10-11)6-2-1-5-3-7(5)4-6/h5-8H,1-4H2. The molecule has 0 radical (unpaired) electrons. The summed E-state index contributed by atoms with van der Waals surface area (Å²) in [5.74, 6) is 2.23. The monoisotopic (exact) mass is 173 g/mol. The molecule has 4 unspecified atom stereocenters. The van der Waals surface area contributed by atoms with E-state index in [1.54, 1.807) is 0 Å². The number of halogens is 1. The van der Waals surface area contributed by atoms with Crippen LogP contribution < -0.4 is 0 Å². The van der Waals surface area contributed by atoms with Crippen molar-refractivity contribution in [1.29, 1.82) is 0 Å². The average Bonchev–Trinajstić information content (AvgIpc) is 2.80. The summed E-state index contributed by atoms with van der Waals surface area (Å²) in [5, 5.41) is 2.88. The Bertz CT molecular complexity index is 173. The van der Waals surface area contributed by atoms with Crippen molar-refractivity contribution in [3.63, 3.8) is 0 Å². The lowest BCUT2D eigenvalue weighted by Gasteiger charge is -2.20. The van der Waals surface area contributed by atoms with E-state index < -0.39 is 5.50 Å². The van der Waals surface area contributed by atoms with Crippen molar-refractivity contribution in [2.75, 3.05) is 0 Å². The highest BCUT2D eigenvalue weighted by Crippen LogP contribution is 2.52. The van der Waals surface area contributed by atoms with Crippen molar-refractivity contribution in [1.82, 2.24) is 0 Å². The number of hydrogen-bond acceptors (Lipinski definition) is 2. The molecule has 0 amide bonds. The average molecular weight is 174 g/mol. The molecule has 0 saturated heterocycles. The molecule has 0 bridgehead atoms. The van der Waals surface area contributed by atoms with Crippen molar-refractivity contribution < 1.29 is 0 Å². The summed E-state index contributed by atoms with van der Waals surface area (Å²) in [7, 11) is 0. The molecular formula is C8H12ClNO. The normalized spacial score (nSPS) is 44.3. The Morgan fingerprint density at radius 1 is 1.27 bits per heavy atom. The summed E-state index contributed by atoms with van der Waals surface area (Å²) in [4.78, 5) is 10.1. The molecule has 0 aromatic carbocycles. The zero-order valence-electron chi connectivity index (χ0n) is 6.37. The van der Waals surface area contributed by atoms with Gasteiger partial charge in [0.25, 0.3) is 0 Å². The minimum atomic E-state index is -0.462. The fourth-order valence-corrected chi connectivity index (χ4v) is 2.45. The van der Waals surface area contributed by atoms with E-state index in [-0.39, 0.29) is 0 Å². The molecule has 2 aliphatic rings. The van der Waals surface area contributed by atoms with Crippen LogP contribution in [0.3, 0.4) is 0 Å². The summed E-state index contributed by atoms with van der Waals surface area (Å²) in [6.45, 7) is 0. The van der Waals surface area contributed by atoms with Crippen molar-refractivity contribution in [3.8, 4) is 0 Å². The Kier molecular flexibility index (Phi) is 1.88. The molecule has 2 rings (SSSR count). The molecule has 0 heterocycles. The Morgan fingerprint density at radius 3 is 2.73 bits per heavy atom. The first-order chi connectivity index (χ1) is 5.31. The van der Waals surface area contributed by atoms with Gasteiger partial charge >= 0.3 is 0 Å². The number of rotatable bonds is 2. The Labute approximate surface area is 71.3 Å². The van der Waals surface area contributed by atoms with Crippen molar-refractivity contribution in [2.45, 2.75) is 31.2 Å². The van der Waals surface area contributed by atoms with Crippen LogP contribution in [0.1, 0.15) is 25.7 Å². The van der Waals surface area contributed by atoms with Gasteiger partial charge in [-0.1, -0.05) is 11.6 Å². The first-order valence-electron chi connectivity index (χ1n) is 4.28. The van der Waals surface area contributed by atoms with E-state index in [0.717, 1.165) is 24.7 Å². The molecule has 0 N–H and O–H groups in total. The van der Waals surface area contributed by atoms with Crippen LogP contribution in [0.4, 0.5) is 0 Å². The van der Waals surface area contributed by atoms with Crippen LogP contribution in [-0.4, -0.2) is 5.50 Å². The van der Waals surface area contributed by atoms with Gasteiger partial charge in [-0.25, -0.2) is 0 Å². The minimum absolute atomic E-state index is 0.373. The van der Waals surface area contributed by atoms with E-state index in [4.69, 9.17) is 11.6 Å². The second kappa shape index (κ2) is 2.74. The van der Waals surface area contributed by atoms with Gasteiger partial charge in [-0.2, -0.15) is 0 Å². The van der Waals surface area contributed by atoms with Crippen molar-refractivity contribution in [3.05, 3.63) is 4.91 Å². The SMILES string of the molecule is O=NC(Cl)C1CCC2CC2C1. The molecule has 2 fully saturated rings. The van der Waals surface area contributed by atoms with Crippen LogP contribution >= 0.6 is 11.6 Å². The molecule has 0 aromatic rings. The predicted octanol–water partition coefficient (Wildman–Crippen LogP) is 2.75. The lowest BCUT2D eigenvalue weighted by molar-refractivity contribution is 0.334. The maximum Gasteiger partial charge on any atom is 0.168 e. The van der Waals surface area contributed by atoms with Gasteiger partial charge in [-0.15, -0.1) is 4.91 Å². The lowest BCUT2D eigenvalue weighted by Crippen LogP contribution is -2.17. The molecule has 0 aromatic heterocycles. The Hall–Kier alpha value is -0.110. The highest BCUT2D eigenvalue weighted by atomic mass is 35.5. The number of alkyl halides is 1. The molecule has 4 atom stereocenters. The van der Waals surface area contributed by atoms with Crippen LogP contribution in [-0.2, 0) is 0 Å². The van der Waals surface area contributed by atoms with Crippen LogP contribution in [0.5, 0.6) is 0 Å². The highest BCUT2D eigenvalue weighted by molar-refractivity contribution is 6.20. The quantitative estimate of drug-likeness (QED) is 0.359. The van der Waals surface area contributed by atoms with Gasteiger partial charge < -0.3 is 0 Å². The fraction of sp³-hybridized carbons (Fsp3) is 1.00. The molecule has 62 valence electrons. The van der Waals surface area contributed by atoms with Crippen molar-refractivity contribution >= 4 is 11.6 Å². The van der Waals surface area contributed by atoms with Crippen LogP contribution in [0.25, 0.3) is 0 Å². The second-order valence-corrected chi connectivity index (χ2v) is 4.25. The van der Waals surface area contributed by atoms with Gasteiger partial charge in [-0.3, -0.25) is 0 Å². The third kappa shape index (κ3) is 1.41. The fourth-order valence-electron chi connectivity index (χ4n) is 2.22. The summed E-state index contributed by atoms with van der Waals surface area (Å²) >= 11 is 5.75. The Balaban J connectivity index is 1.89. The number of nitroso groups, excluding NO2 is 1. The van der Waals surface area contributed by atoms with E-state index in [1.165, 1.54) is 12.8 Å². The van der Waals surface area contributed by atoms with Gasteiger partial charge in [0.15, 0.2) is 5.50 Å². The van der Waals surface area contributed by atoms with Gasteiger partial charge in [0.05, 0.1) is 0 Å². The third-order valence-electron chi connectivity index (χ3n) is 3.07. The van der Waals surface area contributed by atoms with Crippen LogP contribution in [0.2, 0.25) is 0 Å². The molecule has 3 heteroatoms. The van der Waals surface area contributed by atoms with Gasteiger partial charge in [0.2, 0.25) is 0 Å². The van der Waals surface area contributed by atoms with Crippen molar-refractivity contribution in [2.24, 2.45) is 22.9 Å². The summed E-state index contributed by atoms with van der Waals surface area (Å²) in [5.41, 5.74) is -0.462. The first kappa shape index (κ1) is 7.53. The van der Waals surface area contributed by atoms with E-state index in [9.17, 15) is 4.91 Å². The smallest absolute Gasteiger partial charge is 0.149 e. The van der Waals surface area contributed by atoms with E-state index in [1.807, 2.05) is 0 Å². The lowest BCUT2D eigenvalue weighted by atomic mass is 9.89. The summed E-state index contributed by atoms with van der Waals surface area (Å²) in [6, 6.07) is 0. The summed E-state index contributed by atoms with van der Waals surface area (Å²) < 4.78 is 0. The molecule has 2 saturated carbocycles. The number of hydrogen-bond donors (Lipinski definition) is 0. The predicted molar refractivity (Wildman–Crippen MR) is 44.4 cm³/mol. The summed E-state index contributed by atoms with van der Waals surface area (Å²) in [6.07, 6.45) is 4.90. The molecule has 0 aliphatic heterocycles. The van der Waals surface area contributed by atoms with E-state index in [0.29, 0.717) is 5.92 Å².